The lowest BCUT2D eigenvalue weighted by atomic mass is 10.0. The first-order valence-electron chi connectivity index (χ1n) is 9.68. The first-order chi connectivity index (χ1) is 13.5. The second-order valence-corrected chi connectivity index (χ2v) is 7.44. The Kier molecular flexibility index (Phi) is 6.66. The summed E-state index contributed by atoms with van der Waals surface area (Å²) in [5.74, 6) is 0.263. The summed E-state index contributed by atoms with van der Waals surface area (Å²) in [5, 5.41) is 15.0. The summed E-state index contributed by atoms with van der Waals surface area (Å²) in [6, 6.07) is 21.6. The third-order valence-corrected chi connectivity index (χ3v) is 4.77. The normalized spacial score (nSPS) is 12.2. The highest BCUT2D eigenvalue weighted by molar-refractivity contribution is 5.87. The minimum Gasteiger partial charge on any atom is -0.489 e. The maximum atomic E-state index is 11.6. The number of carboxylic acids is 1. The van der Waals surface area contributed by atoms with Gasteiger partial charge in [0.2, 0.25) is 0 Å². The molecular weight excluding hydrogens is 350 g/mol. The van der Waals surface area contributed by atoms with Crippen molar-refractivity contribution in [3.8, 4) is 5.75 Å². The van der Waals surface area contributed by atoms with Crippen LogP contribution in [0.2, 0.25) is 0 Å². The van der Waals surface area contributed by atoms with E-state index in [0.29, 0.717) is 25.5 Å². The van der Waals surface area contributed by atoms with Crippen LogP contribution >= 0.6 is 0 Å². The molecule has 0 radical (unpaired) electrons. The first kappa shape index (κ1) is 19.9. The van der Waals surface area contributed by atoms with Crippen molar-refractivity contribution in [1.82, 2.24) is 5.32 Å². The molecule has 0 bridgehead atoms. The van der Waals surface area contributed by atoms with Crippen LogP contribution in [0, 0.1) is 5.92 Å². The summed E-state index contributed by atoms with van der Waals surface area (Å²) in [7, 11) is 0. The number of nitrogens with one attached hydrogen (secondary N) is 1. The quantitative estimate of drug-likeness (QED) is 0.550. The molecule has 28 heavy (non-hydrogen) atoms. The number of carboxylic acid groups (broad SMARTS) is 1. The van der Waals surface area contributed by atoms with Gasteiger partial charge < -0.3 is 15.2 Å². The van der Waals surface area contributed by atoms with Gasteiger partial charge in [0.25, 0.3) is 0 Å². The van der Waals surface area contributed by atoms with E-state index in [2.05, 4.69) is 17.4 Å². The van der Waals surface area contributed by atoms with Crippen LogP contribution < -0.4 is 10.1 Å². The summed E-state index contributed by atoms with van der Waals surface area (Å²) in [4.78, 5) is 11.6. The van der Waals surface area contributed by atoms with Gasteiger partial charge in [0, 0.05) is 12.1 Å². The van der Waals surface area contributed by atoms with Crippen LogP contribution in [-0.4, -0.2) is 17.1 Å². The van der Waals surface area contributed by atoms with E-state index in [-0.39, 0.29) is 0 Å². The van der Waals surface area contributed by atoms with E-state index in [4.69, 9.17) is 4.74 Å². The van der Waals surface area contributed by atoms with Crippen LogP contribution in [0.15, 0.2) is 66.7 Å². The van der Waals surface area contributed by atoms with Crippen LogP contribution in [0.1, 0.15) is 31.4 Å². The molecule has 0 heterocycles. The molecule has 0 spiro atoms. The number of hydrogen-bond acceptors (Lipinski definition) is 3. The van der Waals surface area contributed by atoms with E-state index in [1.807, 2.05) is 68.4 Å². The minimum atomic E-state index is -0.819. The molecule has 0 aliphatic rings. The molecule has 1 unspecified atom stereocenters. The Balaban J connectivity index is 1.85. The second kappa shape index (κ2) is 9.38. The van der Waals surface area contributed by atoms with Crippen molar-refractivity contribution in [3.05, 3.63) is 77.9 Å². The van der Waals surface area contributed by atoms with Gasteiger partial charge in [-0.2, -0.15) is 0 Å². The largest absolute Gasteiger partial charge is 0.489 e. The highest BCUT2D eigenvalue weighted by atomic mass is 16.5. The van der Waals surface area contributed by atoms with Gasteiger partial charge in [0.15, 0.2) is 0 Å². The summed E-state index contributed by atoms with van der Waals surface area (Å²) in [6.07, 6.45) is 0.584. The fourth-order valence-electron chi connectivity index (χ4n) is 3.34. The fourth-order valence-corrected chi connectivity index (χ4v) is 3.34. The molecule has 0 amide bonds. The zero-order valence-corrected chi connectivity index (χ0v) is 16.4. The zero-order chi connectivity index (χ0) is 19.9. The molecule has 0 saturated carbocycles. The monoisotopic (exact) mass is 377 g/mol. The van der Waals surface area contributed by atoms with Gasteiger partial charge in [-0.15, -0.1) is 0 Å². The standard InChI is InChI=1S/C24H27NO3/c1-17(2)14-22(24(26)27)25-15-21-20-11-7-6-10-19(20)12-13-23(21)28-16-18-8-4-3-5-9-18/h3-13,17,22,25H,14-16H2,1-2H3,(H,26,27). The van der Waals surface area contributed by atoms with Crippen molar-refractivity contribution >= 4 is 16.7 Å². The molecule has 2 N–H and O–H groups in total. The molecule has 0 saturated heterocycles. The number of ether oxygens (including phenoxy) is 1. The molecule has 0 aromatic heterocycles. The molecule has 3 aromatic rings. The van der Waals surface area contributed by atoms with Crippen LogP contribution in [0.25, 0.3) is 10.8 Å². The maximum Gasteiger partial charge on any atom is 0.320 e. The van der Waals surface area contributed by atoms with Crippen molar-refractivity contribution in [3.63, 3.8) is 0 Å². The smallest absolute Gasteiger partial charge is 0.320 e. The van der Waals surface area contributed by atoms with E-state index in [9.17, 15) is 9.90 Å². The number of hydrogen-bond donors (Lipinski definition) is 2. The third kappa shape index (κ3) is 5.11. The number of aliphatic carboxylic acids is 1. The van der Waals surface area contributed by atoms with Crippen molar-refractivity contribution in [2.75, 3.05) is 0 Å². The van der Waals surface area contributed by atoms with Crippen molar-refractivity contribution < 1.29 is 14.6 Å². The highest BCUT2D eigenvalue weighted by Gasteiger charge is 2.19. The minimum absolute atomic E-state index is 0.301. The van der Waals surface area contributed by atoms with E-state index in [0.717, 1.165) is 27.6 Å². The van der Waals surface area contributed by atoms with Crippen molar-refractivity contribution in [2.45, 2.75) is 39.5 Å². The molecule has 3 aromatic carbocycles. The van der Waals surface area contributed by atoms with Gasteiger partial charge in [-0.25, -0.2) is 0 Å². The molecule has 4 nitrogen and oxygen atoms in total. The van der Waals surface area contributed by atoms with Crippen LogP contribution in [0.5, 0.6) is 5.75 Å². The second-order valence-electron chi connectivity index (χ2n) is 7.44. The first-order valence-corrected chi connectivity index (χ1v) is 9.68. The molecule has 4 heteroatoms. The third-order valence-electron chi connectivity index (χ3n) is 4.77. The Bertz CT molecular complexity index is 922. The molecule has 0 aliphatic carbocycles. The van der Waals surface area contributed by atoms with Crippen LogP contribution in [0.3, 0.4) is 0 Å². The number of carbonyl (C=O) groups is 1. The van der Waals surface area contributed by atoms with E-state index in [1.165, 1.54) is 0 Å². The van der Waals surface area contributed by atoms with Gasteiger partial charge in [0.1, 0.15) is 18.4 Å². The molecule has 0 fully saturated rings. The van der Waals surface area contributed by atoms with Gasteiger partial charge in [-0.05, 0) is 34.7 Å². The Morgan fingerprint density at radius 3 is 2.43 bits per heavy atom. The van der Waals surface area contributed by atoms with Gasteiger partial charge in [-0.3, -0.25) is 4.79 Å². The van der Waals surface area contributed by atoms with Crippen LogP contribution in [-0.2, 0) is 17.9 Å². The number of fused-ring (bicyclic) bond motifs is 1. The Hall–Kier alpha value is -2.85. The van der Waals surface area contributed by atoms with Gasteiger partial charge in [-0.1, -0.05) is 74.5 Å². The molecule has 0 aliphatic heterocycles. The predicted octanol–water partition coefficient (Wildman–Crippen LogP) is 5.01. The Morgan fingerprint density at radius 2 is 1.71 bits per heavy atom. The summed E-state index contributed by atoms with van der Waals surface area (Å²) in [6.45, 7) is 4.98. The molecular formula is C24H27NO3. The predicted molar refractivity (Wildman–Crippen MR) is 112 cm³/mol. The van der Waals surface area contributed by atoms with Gasteiger partial charge in [0.05, 0.1) is 0 Å². The average Bonchev–Trinajstić information content (AvgIpc) is 2.70. The molecule has 146 valence electrons. The zero-order valence-electron chi connectivity index (χ0n) is 16.4. The topological polar surface area (TPSA) is 58.6 Å². The van der Waals surface area contributed by atoms with Gasteiger partial charge >= 0.3 is 5.97 Å². The lowest BCUT2D eigenvalue weighted by molar-refractivity contribution is -0.140. The summed E-state index contributed by atoms with van der Waals surface area (Å²) < 4.78 is 6.12. The lowest BCUT2D eigenvalue weighted by Gasteiger charge is -2.19. The molecule has 1 atom stereocenters. The van der Waals surface area contributed by atoms with E-state index < -0.39 is 12.0 Å². The highest BCUT2D eigenvalue weighted by Crippen LogP contribution is 2.29. The van der Waals surface area contributed by atoms with Crippen molar-refractivity contribution in [2.24, 2.45) is 5.92 Å². The van der Waals surface area contributed by atoms with Crippen molar-refractivity contribution in [1.29, 1.82) is 0 Å². The Morgan fingerprint density at radius 1 is 1.00 bits per heavy atom. The van der Waals surface area contributed by atoms with E-state index in [1.54, 1.807) is 0 Å². The number of rotatable bonds is 9. The summed E-state index contributed by atoms with van der Waals surface area (Å²) >= 11 is 0. The number of benzene rings is 3. The SMILES string of the molecule is CC(C)CC(NCc1c(OCc2ccccc2)ccc2ccccc12)C(=O)O. The average molecular weight is 377 g/mol. The fraction of sp³-hybridized carbons (Fsp3) is 0.292. The Labute approximate surface area is 166 Å². The van der Waals surface area contributed by atoms with Crippen LogP contribution in [0.4, 0.5) is 0 Å². The molecule has 3 rings (SSSR count). The maximum absolute atomic E-state index is 11.6. The summed E-state index contributed by atoms with van der Waals surface area (Å²) in [5.41, 5.74) is 2.09. The van der Waals surface area contributed by atoms with E-state index >= 15 is 0 Å². The lowest BCUT2D eigenvalue weighted by Crippen LogP contribution is -2.37.